The number of hydrogen-bond donors (Lipinski definition) is 1. The van der Waals surface area contributed by atoms with Gasteiger partial charge in [-0.1, -0.05) is 12.1 Å². The summed E-state index contributed by atoms with van der Waals surface area (Å²) in [5.41, 5.74) is 4.50. The Balaban J connectivity index is 1.80. The van der Waals surface area contributed by atoms with Crippen molar-refractivity contribution in [1.29, 1.82) is 0 Å². The Morgan fingerprint density at radius 1 is 1.06 bits per heavy atom. The maximum absolute atomic E-state index is 13.9. The van der Waals surface area contributed by atoms with Crippen molar-refractivity contribution < 1.29 is 22.7 Å². The van der Waals surface area contributed by atoms with Gasteiger partial charge in [0.15, 0.2) is 17.3 Å². The fraction of sp³-hybridized carbons (Fsp3) is 0.100. The number of carbonyl (C=O) groups excluding carboxylic acids is 1. The molecular formula is C20H14F3N7O2. The van der Waals surface area contributed by atoms with E-state index >= 15 is 0 Å². The Kier molecular flexibility index (Phi) is 5.26. The summed E-state index contributed by atoms with van der Waals surface area (Å²) in [4.78, 5) is 19.0. The molecule has 0 saturated heterocycles. The monoisotopic (exact) mass is 441 g/mol. The van der Waals surface area contributed by atoms with Crippen LogP contribution in [0, 0.1) is 0 Å². The predicted octanol–water partition coefficient (Wildman–Crippen LogP) is 2.91. The van der Waals surface area contributed by atoms with E-state index in [4.69, 9.17) is 10.5 Å². The van der Waals surface area contributed by atoms with Gasteiger partial charge in [-0.25, -0.2) is 9.97 Å². The highest BCUT2D eigenvalue weighted by Gasteiger charge is 2.38. The number of nitrogens with zero attached hydrogens (tertiary/aromatic N) is 6. The first-order valence-corrected chi connectivity index (χ1v) is 9.05. The lowest BCUT2D eigenvalue weighted by Gasteiger charge is -2.13. The van der Waals surface area contributed by atoms with E-state index in [1.807, 2.05) is 0 Å². The summed E-state index contributed by atoms with van der Waals surface area (Å²) >= 11 is 0. The molecule has 0 saturated carbocycles. The molecule has 4 rings (SSSR count). The third kappa shape index (κ3) is 3.97. The molecule has 4 aromatic rings. The number of ether oxygens (including phenoxy) is 1. The minimum absolute atomic E-state index is 0.180. The van der Waals surface area contributed by atoms with Crippen molar-refractivity contribution in [3.05, 3.63) is 66.0 Å². The molecule has 0 fully saturated rings. The summed E-state index contributed by atoms with van der Waals surface area (Å²) in [6.07, 6.45) is -3.80. The minimum atomic E-state index is -4.81. The molecule has 162 valence electrons. The number of tetrazole rings is 1. The Morgan fingerprint density at radius 2 is 1.75 bits per heavy atom. The van der Waals surface area contributed by atoms with Gasteiger partial charge in [0.25, 0.3) is 0 Å². The van der Waals surface area contributed by atoms with E-state index < -0.39 is 23.3 Å². The molecule has 0 atom stereocenters. The molecule has 0 aliphatic heterocycles. The van der Waals surface area contributed by atoms with Crippen molar-refractivity contribution in [2.24, 2.45) is 5.73 Å². The second kappa shape index (κ2) is 8.06. The third-order valence-electron chi connectivity index (χ3n) is 4.51. The number of rotatable bonds is 5. The number of amides is 1. The summed E-state index contributed by atoms with van der Waals surface area (Å²) in [7, 11) is 1.49. The second-order valence-electron chi connectivity index (χ2n) is 6.51. The predicted molar refractivity (Wildman–Crippen MR) is 106 cm³/mol. The van der Waals surface area contributed by atoms with Crippen LogP contribution in [0.1, 0.15) is 16.1 Å². The molecule has 0 unspecified atom stereocenters. The number of carbonyl (C=O) groups is 1. The van der Waals surface area contributed by atoms with Gasteiger partial charge >= 0.3 is 6.18 Å². The first-order chi connectivity index (χ1) is 15.3. The summed E-state index contributed by atoms with van der Waals surface area (Å²) < 4.78 is 47.9. The Bertz CT molecular complexity index is 1270. The fourth-order valence-corrected chi connectivity index (χ4v) is 2.94. The van der Waals surface area contributed by atoms with Crippen LogP contribution in [0.15, 0.2) is 54.7 Å². The normalized spacial score (nSPS) is 11.4. The van der Waals surface area contributed by atoms with Crippen molar-refractivity contribution in [2.75, 3.05) is 7.11 Å². The average molecular weight is 441 g/mol. The quantitative estimate of drug-likeness (QED) is 0.505. The van der Waals surface area contributed by atoms with Crippen molar-refractivity contribution in [3.8, 4) is 34.2 Å². The maximum atomic E-state index is 13.9. The average Bonchev–Trinajstić information content (AvgIpc) is 3.28. The van der Waals surface area contributed by atoms with Gasteiger partial charge in [-0.15, -0.1) is 5.10 Å². The Morgan fingerprint density at radius 3 is 2.34 bits per heavy atom. The van der Waals surface area contributed by atoms with E-state index in [-0.39, 0.29) is 22.8 Å². The second-order valence-corrected chi connectivity index (χ2v) is 6.51. The molecule has 0 spiro atoms. The highest BCUT2D eigenvalue weighted by Crippen LogP contribution is 2.36. The summed E-state index contributed by atoms with van der Waals surface area (Å²) in [6.45, 7) is 0. The van der Waals surface area contributed by atoms with Gasteiger partial charge in [-0.2, -0.15) is 17.9 Å². The van der Waals surface area contributed by atoms with Crippen molar-refractivity contribution >= 4 is 5.91 Å². The highest BCUT2D eigenvalue weighted by molar-refractivity contribution is 5.93. The molecule has 0 aliphatic carbocycles. The van der Waals surface area contributed by atoms with Crippen LogP contribution in [0.2, 0.25) is 0 Å². The molecule has 0 radical (unpaired) electrons. The summed E-state index contributed by atoms with van der Waals surface area (Å²) in [5, 5.41) is 11.1. The fourth-order valence-electron chi connectivity index (χ4n) is 2.94. The first kappa shape index (κ1) is 20.9. The topological polar surface area (TPSA) is 122 Å². The largest absolute Gasteiger partial charge is 0.497 e. The van der Waals surface area contributed by atoms with Crippen molar-refractivity contribution in [1.82, 2.24) is 30.2 Å². The van der Waals surface area contributed by atoms with Gasteiger partial charge < -0.3 is 10.5 Å². The van der Waals surface area contributed by atoms with Crippen LogP contribution in [0.3, 0.4) is 0 Å². The summed E-state index contributed by atoms with van der Waals surface area (Å²) in [5.74, 6) is -0.456. The first-order valence-electron chi connectivity index (χ1n) is 9.05. The van der Waals surface area contributed by atoms with Gasteiger partial charge in [0, 0.05) is 17.3 Å². The van der Waals surface area contributed by atoms with Gasteiger partial charge in [-0.05, 0) is 46.8 Å². The van der Waals surface area contributed by atoms with Crippen molar-refractivity contribution in [2.45, 2.75) is 6.18 Å². The van der Waals surface area contributed by atoms with E-state index in [0.29, 0.717) is 11.4 Å². The zero-order valence-electron chi connectivity index (χ0n) is 16.4. The molecule has 1 amide bonds. The van der Waals surface area contributed by atoms with E-state index in [2.05, 4.69) is 25.5 Å². The standard InChI is InChI=1S/C20H14F3N7O2/c1-32-14-8-6-13(7-9-14)30-19(27-28-29-30)15-10-25-18(26-16(15)20(21,22)23)12-4-2-11(3-5-12)17(24)31/h2-10H,1H3,(H2,24,31). The molecule has 2 N–H and O–H groups in total. The molecule has 2 heterocycles. The number of primary amides is 1. The number of halogens is 3. The molecule has 12 heteroatoms. The SMILES string of the molecule is COc1ccc(-n2nnnc2-c2cnc(-c3ccc(C(N)=O)cc3)nc2C(F)(F)F)cc1. The van der Waals surface area contributed by atoms with Crippen LogP contribution in [-0.4, -0.2) is 43.2 Å². The van der Waals surface area contributed by atoms with E-state index in [1.165, 1.54) is 31.4 Å². The smallest absolute Gasteiger partial charge is 0.434 e. The zero-order chi connectivity index (χ0) is 22.9. The van der Waals surface area contributed by atoms with Crippen LogP contribution in [0.5, 0.6) is 5.75 Å². The lowest BCUT2D eigenvalue weighted by molar-refractivity contribution is -0.140. The summed E-state index contributed by atoms with van der Waals surface area (Å²) in [6, 6.07) is 12.0. The number of methoxy groups -OCH3 is 1. The van der Waals surface area contributed by atoms with Gasteiger partial charge in [0.05, 0.1) is 18.4 Å². The molecule has 9 nitrogen and oxygen atoms in total. The number of alkyl halides is 3. The Labute approximate surface area is 178 Å². The van der Waals surface area contributed by atoms with E-state index in [9.17, 15) is 18.0 Å². The van der Waals surface area contributed by atoms with Crippen LogP contribution < -0.4 is 10.5 Å². The maximum Gasteiger partial charge on any atom is 0.434 e. The molecule has 32 heavy (non-hydrogen) atoms. The van der Waals surface area contributed by atoms with Crippen LogP contribution in [-0.2, 0) is 6.18 Å². The highest BCUT2D eigenvalue weighted by atomic mass is 19.4. The third-order valence-corrected chi connectivity index (χ3v) is 4.51. The minimum Gasteiger partial charge on any atom is -0.497 e. The number of benzene rings is 2. The van der Waals surface area contributed by atoms with Crippen LogP contribution in [0.25, 0.3) is 28.5 Å². The van der Waals surface area contributed by atoms with Crippen LogP contribution >= 0.6 is 0 Å². The molecule has 0 aliphatic rings. The van der Waals surface area contributed by atoms with E-state index in [1.54, 1.807) is 24.3 Å². The molecule has 0 bridgehead atoms. The van der Waals surface area contributed by atoms with Crippen LogP contribution in [0.4, 0.5) is 13.2 Å². The molecule has 2 aromatic heterocycles. The van der Waals surface area contributed by atoms with Gasteiger partial charge in [0.1, 0.15) is 5.75 Å². The van der Waals surface area contributed by atoms with Gasteiger partial charge in [-0.3, -0.25) is 4.79 Å². The number of aromatic nitrogens is 6. The number of hydrogen-bond acceptors (Lipinski definition) is 7. The van der Waals surface area contributed by atoms with Gasteiger partial charge in [0.2, 0.25) is 5.91 Å². The molecular weight excluding hydrogens is 427 g/mol. The van der Waals surface area contributed by atoms with E-state index in [0.717, 1.165) is 10.9 Å². The lowest BCUT2D eigenvalue weighted by atomic mass is 10.1. The molecule has 2 aromatic carbocycles. The zero-order valence-corrected chi connectivity index (χ0v) is 16.4. The Hall–Kier alpha value is -4.35. The van der Waals surface area contributed by atoms with Crippen molar-refractivity contribution in [3.63, 3.8) is 0 Å². The lowest BCUT2D eigenvalue weighted by Crippen LogP contribution is -2.14. The number of nitrogens with two attached hydrogens (primary N) is 1.